The molecular weight excluding hydrogens is 414 g/mol. The van der Waals surface area contributed by atoms with Crippen molar-refractivity contribution in [3.63, 3.8) is 0 Å². The molecule has 1 aliphatic heterocycles. The molecule has 1 aromatic heterocycles. The molecule has 0 amide bonds. The Morgan fingerprint density at radius 1 is 1.25 bits per heavy atom. The van der Waals surface area contributed by atoms with Gasteiger partial charge in [0.05, 0.1) is 11.6 Å². The number of ether oxygens (including phenoxy) is 1. The fraction of sp³-hybridized carbons (Fsp3) is 0.524. The lowest BCUT2D eigenvalue weighted by atomic mass is 9.75. The Hall–Kier alpha value is -1.24. The number of aromatic nitrogens is 1. The van der Waals surface area contributed by atoms with Gasteiger partial charge in [-0.3, -0.25) is 14.2 Å². The zero-order valence-electron chi connectivity index (χ0n) is 15.6. The van der Waals surface area contributed by atoms with Crippen molar-refractivity contribution in [2.75, 3.05) is 6.61 Å². The molecular formula is C21H22ClNO3S2. The zero-order valence-corrected chi connectivity index (χ0v) is 18.0. The molecule has 3 aliphatic rings. The standard InChI is InChI=1S/C21H22ClNO3S2/c1-2-26-15(24)10-23-20-19(28-21(23)25)16(11-5-7-14(22)8-6-11)17-12-3-4-13(9-12)18(17)27-20/h5-8,12-13,16-18H,2-4,9-10H2,1H3/t12-,13+,16-,17+,18+/m1/s1. The average molecular weight is 436 g/mol. The first-order chi connectivity index (χ1) is 13.6. The van der Waals surface area contributed by atoms with E-state index in [1.54, 1.807) is 11.5 Å². The number of hydrogen-bond acceptors (Lipinski definition) is 5. The molecule has 2 saturated carbocycles. The zero-order chi connectivity index (χ0) is 19.4. The van der Waals surface area contributed by atoms with Crippen LogP contribution in [0.2, 0.25) is 5.02 Å². The van der Waals surface area contributed by atoms with Crippen molar-refractivity contribution in [2.24, 2.45) is 17.8 Å². The minimum atomic E-state index is -0.344. The first-order valence-corrected chi connectivity index (χ1v) is 12.0. The Kier molecular flexibility index (Phi) is 4.84. The second-order valence-corrected chi connectivity index (χ2v) is 10.5. The molecule has 148 valence electrons. The van der Waals surface area contributed by atoms with Crippen LogP contribution in [0.3, 0.4) is 0 Å². The predicted molar refractivity (Wildman–Crippen MR) is 112 cm³/mol. The van der Waals surface area contributed by atoms with Gasteiger partial charge in [-0.15, -0.1) is 11.8 Å². The molecule has 0 unspecified atom stereocenters. The quantitative estimate of drug-likeness (QED) is 0.648. The fourth-order valence-corrected chi connectivity index (χ4v) is 8.74. The lowest BCUT2D eigenvalue weighted by molar-refractivity contribution is -0.144. The number of benzene rings is 1. The van der Waals surface area contributed by atoms with Gasteiger partial charge in [-0.05, 0) is 61.6 Å². The van der Waals surface area contributed by atoms with E-state index in [0.717, 1.165) is 20.8 Å². The highest BCUT2D eigenvalue weighted by atomic mass is 35.5. The molecule has 0 spiro atoms. The number of fused-ring (bicyclic) bond motifs is 6. The number of thioether (sulfide) groups is 1. The summed E-state index contributed by atoms with van der Waals surface area (Å²) in [6, 6.07) is 8.10. The summed E-state index contributed by atoms with van der Waals surface area (Å²) in [6.07, 6.45) is 3.88. The highest BCUT2D eigenvalue weighted by Gasteiger charge is 2.55. The van der Waals surface area contributed by atoms with Crippen molar-refractivity contribution in [1.29, 1.82) is 0 Å². The van der Waals surface area contributed by atoms with Crippen LogP contribution >= 0.6 is 34.7 Å². The van der Waals surface area contributed by atoms with E-state index in [4.69, 9.17) is 16.3 Å². The summed E-state index contributed by atoms with van der Waals surface area (Å²) in [6.45, 7) is 2.12. The number of esters is 1. The molecule has 28 heavy (non-hydrogen) atoms. The predicted octanol–water partition coefficient (Wildman–Crippen LogP) is 4.78. The van der Waals surface area contributed by atoms with Gasteiger partial charge < -0.3 is 4.74 Å². The third kappa shape index (κ3) is 2.96. The van der Waals surface area contributed by atoms with Crippen LogP contribution < -0.4 is 4.87 Å². The van der Waals surface area contributed by atoms with Gasteiger partial charge in [0.2, 0.25) is 0 Å². The van der Waals surface area contributed by atoms with Gasteiger partial charge in [0.15, 0.2) is 0 Å². The van der Waals surface area contributed by atoms with Gasteiger partial charge in [-0.2, -0.15) is 0 Å². The molecule has 4 nitrogen and oxygen atoms in total. The molecule has 0 radical (unpaired) electrons. The summed E-state index contributed by atoms with van der Waals surface area (Å²) in [7, 11) is 0. The van der Waals surface area contributed by atoms with Crippen molar-refractivity contribution < 1.29 is 9.53 Å². The second kappa shape index (κ2) is 7.22. The van der Waals surface area contributed by atoms with Gasteiger partial charge in [-0.25, -0.2) is 0 Å². The Balaban J connectivity index is 1.61. The van der Waals surface area contributed by atoms with E-state index in [1.165, 1.54) is 36.2 Å². The highest BCUT2D eigenvalue weighted by molar-refractivity contribution is 8.00. The van der Waals surface area contributed by atoms with Crippen LogP contribution in [-0.2, 0) is 16.1 Å². The highest BCUT2D eigenvalue weighted by Crippen LogP contribution is 2.64. The topological polar surface area (TPSA) is 48.3 Å². The fourth-order valence-electron chi connectivity index (χ4n) is 5.47. The average Bonchev–Trinajstić information content (AvgIpc) is 3.36. The van der Waals surface area contributed by atoms with E-state index >= 15 is 0 Å². The molecule has 0 saturated heterocycles. The third-order valence-corrected chi connectivity index (χ3v) is 9.59. The van der Waals surface area contributed by atoms with Crippen LogP contribution in [0.5, 0.6) is 0 Å². The second-order valence-electron chi connectivity index (χ2n) is 7.95. The van der Waals surface area contributed by atoms with Crippen LogP contribution in [0, 0.1) is 17.8 Å². The summed E-state index contributed by atoms with van der Waals surface area (Å²) in [4.78, 5) is 26.0. The molecule has 2 aromatic rings. The smallest absolute Gasteiger partial charge is 0.326 e. The Labute approximate surface area is 177 Å². The lowest BCUT2D eigenvalue weighted by Gasteiger charge is -2.40. The summed E-state index contributed by atoms with van der Waals surface area (Å²) in [5.74, 6) is 1.88. The van der Waals surface area contributed by atoms with Crippen molar-refractivity contribution in [3.05, 3.63) is 49.4 Å². The molecule has 0 N–H and O–H groups in total. The van der Waals surface area contributed by atoms with E-state index < -0.39 is 0 Å². The molecule has 7 heteroatoms. The largest absolute Gasteiger partial charge is 0.465 e. The Morgan fingerprint density at radius 3 is 2.75 bits per heavy atom. The van der Waals surface area contributed by atoms with Gasteiger partial charge in [0.1, 0.15) is 6.54 Å². The number of halogens is 1. The SMILES string of the molecule is CCOC(=O)Cn1c2c(sc1=O)[C@H](c1ccc(Cl)cc1)[C@@H]1[C@@H]3CC[C@@H](C3)[C@@H]1S2. The summed E-state index contributed by atoms with van der Waals surface area (Å²) < 4.78 is 6.75. The van der Waals surface area contributed by atoms with Crippen LogP contribution in [0.4, 0.5) is 0 Å². The van der Waals surface area contributed by atoms with Crippen LogP contribution in [-0.4, -0.2) is 22.4 Å². The van der Waals surface area contributed by atoms with Gasteiger partial charge >= 0.3 is 10.8 Å². The third-order valence-electron chi connectivity index (χ3n) is 6.51. The molecule has 5 atom stereocenters. The van der Waals surface area contributed by atoms with Gasteiger partial charge in [0, 0.05) is 21.1 Å². The molecule has 2 bridgehead atoms. The molecule has 2 heterocycles. The van der Waals surface area contributed by atoms with Crippen molar-refractivity contribution in [2.45, 2.75) is 48.9 Å². The number of thiazole rings is 1. The van der Waals surface area contributed by atoms with Gasteiger partial charge in [-0.1, -0.05) is 35.1 Å². The minimum Gasteiger partial charge on any atom is -0.465 e. The normalized spacial score (nSPS) is 30.1. The first-order valence-electron chi connectivity index (χ1n) is 9.88. The maximum absolute atomic E-state index is 12.8. The Morgan fingerprint density at radius 2 is 2.00 bits per heavy atom. The van der Waals surface area contributed by atoms with Crippen LogP contribution in [0.25, 0.3) is 0 Å². The lowest BCUT2D eigenvalue weighted by Crippen LogP contribution is -2.34. The Bertz CT molecular complexity index is 967. The number of carbonyl (C=O) groups is 1. The molecule has 5 rings (SSSR count). The number of carbonyl (C=O) groups excluding carboxylic acids is 1. The van der Waals surface area contributed by atoms with Crippen molar-refractivity contribution in [1.82, 2.24) is 4.57 Å². The molecule has 1 aromatic carbocycles. The van der Waals surface area contributed by atoms with Crippen molar-refractivity contribution >= 4 is 40.7 Å². The number of rotatable bonds is 4. The van der Waals surface area contributed by atoms with E-state index in [1.807, 2.05) is 23.9 Å². The van der Waals surface area contributed by atoms with E-state index in [-0.39, 0.29) is 23.3 Å². The van der Waals surface area contributed by atoms with Crippen molar-refractivity contribution in [3.8, 4) is 0 Å². The van der Waals surface area contributed by atoms with E-state index in [2.05, 4.69) is 12.1 Å². The maximum Gasteiger partial charge on any atom is 0.326 e. The van der Waals surface area contributed by atoms with E-state index in [9.17, 15) is 9.59 Å². The van der Waals surface area contributed by atoms with Crippen LogP contribution in [0.1, 0.15) is 42.5 Å². The minimum absolute atomic E-state index is 0.00429. The monoisotopic (exact) mass is 435 g/mol. The van der Waals surface area contributed by atoms with Gasteiger partial charge in [0.25, 0.3) is 0 Å². The van der Waals surface area contributed by atoms with Crippen LogP contribution in [0.15, 0.2) is 34.1 Å². The first kappa shape index (κ1) is 18.8. The summed E-state index contributed by atoms with van der Waals surface area (Å²) in [5.41, 5.74) is 1.23. The summed E-state index contributed by atoms with van der Waals surface area (Å²) >= 11 is 9.28. The number of nitrogens with zero attached hydrogens (tertiary/aromatic N) is 1. The van der Waals surface area contributed by atoms with E-state index in [0.29, 0.717) is 23.7 Å². The summed E-state index contributed by atoms with van der Waals surface area (Å²) in [5, 5.41) is 2.23. The molecule has 2 aliphatic carbocycles. The number of hydrogen-bond donors (Lipinski definition) is 0. The molecule has 2 fully saturated rings. The maximum atomic E-state index is 12.8.